The Kier molecular flexibility index (Phi) is 6.05. The molecule has 0 saturated carbocycles. The van der Waals surface area contributed by atoms with Crippen LogP contribution < -0.4 is 21.3 Å². The molecule has 11 heteroatoms. The summed E-state index contributed by atoms with van der Waals surface area (Å²) in [5.74, 6) is -0.748. The number of amides is 1. The fourth-order valence-corrected chi connectivity index (χ4v) is 3.39. The number of H-pyrrole nitrogens is 1. The molecule has 0 aliphatic heterocycles. The van der Waals surface area contributed by atoms with E-state index in [2.05, 4.69) is 20.0 Å². The lowest BCUT2D eigenvalue weighted by Crippen LogP contribution is -2.38. The summed E-state index contributed by atoms with van der Waals surface area (Å²) in [6, 6.07) is 4.38. The van der Waals surface area contributed by atoms with Gasteiger partial charge in [-0.3, -0.25) is 9.59 Å². The Hall–Kier alpha value is -2.79. The van der Waals surface area contributed by atoms with Crippen LogP contribution >= 0.6 is 0 Å². The molecule has 1 aromatic heterocycles. The number of carbonyl (C=O) groups is 1. The van der Waals surface area contributed by atoms with Crippen molar-refractivity contribution in [3.8, 4) is 0 Å². The van der Waals surface area contributed by atoms with E-state index in [9.17, 15) is 22.4 Å². The first-order chi connectivity index (χ1) is 12.2. The number of aryl methyl sites for hydroxylation is 1. The number of hydrogen-bond acceptors (Lipinski definition) is 6. The number of sulfonamides is 1. The fourth-order valence-electron chi connectivity index (χ4n) is 2.18. The summed E-state index contributed by atoms with van der Waals surface area (Å²) in [6.45, 7) is 1.10. The number of aromatic nitrogens is 2. The van der Waals surface area contributed by atoms with Crippen molar-refractivity contribution in [1.82, 2.24) is 20.0 Å². The number of anilines is 1. The molecule has 0 radical (unpaired) electrons. The molecule has 0 unspecified atom stereocenters. The molecule has 1 amide bonds. The predicted molar refractivity (Wildman–Crippen MR) is 92.3 cm³/mol. The van der Waals surface area contributed by atoms with Gasteiger partial charge in [0.05, 0.1) is 11.4 Å². The van der Waals surface area contributed by atoms with Gasteiger partial charge < -0.3 is 16.0 Å². The summed E-state index contributed by atoms with van der Waals surface area (Å²) >= 11 is 0. The average molecular weight is 383 g/mol. The van der Waals surface area contributed by atoms with Crippen LogP contribution in [0.5, 0.6) is 0 Å². The Labute approximate surface area is 148 Å². The molecule has 0 bridgehead atoms. The van der Waals surface area contributed by atoms with Crippen LogP contribution in [0.25, 0.3) is 0 Å². The minimum absolute atomic E-state index is 0.0671. The number of nitrogens with zero attached hydrogens (tertiary/aromatic N) is 1. The largest absolute Gasteiger partial charge is 0.383 e. The number of nitrogens with one attached hydrogen (secondary N) is 3. The topological polar surface area (TPSA) is 147 Å². The number of benzene rings is 1. The second-order valence-electron chi connectivity index (χ2n) is 5.45. The standard InChI is InChI=1S/C15H18FN5O4S/c1-9-6-10(16)2-3-11(9)26(24,25)19-8-15(23)18-5-4-13-20-12(17)7-14(22)21-13/h2-3,6-7,19H,4-5,8H2,1H3,(H,18,23)(H3,17,20,21,22). The van der Waals surface area contributed by atoms with Crippen molar-refractivity contribution in [3.05, 3.63) is 51.8 Å². The highest BCUT2D eigenvalue weighted by Crippen LogP contribution is 2.15. The molecular weight excluding hydrogens is 365 g/mol. The van der Waals surface area contributed by atoms with E-state index in [4.69, 9.17) is 5.73 Å². The maximum atomic E-state index is 13.1. The second kappa shape index (κ2) is 8.06. The van der Waals surface area contributed by atoms with E-state index in [1.54, 1.807) is 0 Å². The van der Waals surface area contributed by atoms with Crippen LogP contribution in [0, 0.1) is 12.7 Å². The molecule has 26 heavy (non-hydrogen) atoms. The summed E-state index contributed by atoms with van der Waals surface area (Å²) in [5.41, 5.74) is 5.27. The number of carbonyl (C=O) groups excluding carboxylic acids is 1. The molecule has 0 aliphatic rings. The molecule has 0 spiro atoms. The smallest absolute Gasteiger partial charge is 0.252 e. The monoisotopic (exact) mass is 383 g/mol. The van der Waals surface area contributed by atoms with E-state index in [0.29, 0.717) is 5.82 Å². The lowest BCUT2D eigenvalue weighted by Gasteiger charge is -2.10. The highest BCUT2D eigenvalue weighted by molar-refractivity contribution is 7.89. The lowest BCUT2D eigenvalue weighted by atomic mass is 10.2. The average Bonchev–Trinajstić information content (AvgIpc) is 2.52. The number of halogens is 1. The van der Waals surface area contributed by atoms with Gasteiger partial charge in [-0.2, -0.15) is 0 Å². The van der Waals surface area contributed by atoms with Crippen molar-refractivity contribution in [2.24, 2.45) is 0 Å². The molecule has 0 aliphatic carbocycles. The van der Waals surface area contributed by atoms with Crippen molar-refractivity contribution in [2.45, 2.75) is 18.2 Å². The molecular formula is C15H18FN5O4S. The van der Waals surface area contributed by atoms with Crippen molar-refractivity contribution in [1.29, 1.82) is 0 Å². The van der Waals surface area contributed by atoms with Gasteiger partial charge in [0.1, 0.15) is 17.5 Å². The Morgan fingerprint density at radius 2 is 2.08 bits per heavy atom. The van der Waals surface area contributed by atoms with Crippen LogP contribution in [0.1, 0.15) is 11.4 Å². The first kappa shape index (κ1) is 19.5. The molecule has 2 aromatic rings. The zero-order chi connectivity index (χ0) is 19.3. The van der Waals surface area contributed by atoms with E-state index in [1.807, 2.05) is 0 Å². The van der Waals surface area contributed by atoms with Crippen LogP contribution in [0.2, 0.25) is 0 Å². The molecule has 2 rings (SSSR count). The summed E-state index contributed by atoms with van der Waals surface area (Å²) in [7, 11) is -3.95. The number of aromatic amines is 1. The van der Waals surface area contributed by atoms with E-state index < -0.39 is 33.9 Å². The summed E-state index contributed by atoms with van der Waals surface area (Å²) in [6.07, 6.45) is 0.218. The van der Waals surface area contributed by atoms with E-state index >= 15 is 0 Å². The van der Waals surface area contributed by atoms with Gasteiger partial charge in [0.25, 0.3) is 5.56 Å². The molecule has 0 saturated heterocycles. The van der Waals surface area contributed by atoms with E-state index in [-0.39, 0.29) is 29.2 Å². The minimum Gasteiger partial charge on any atom is -0.383 e. The van der Waals surface area contributed by atoms with Crippen molar-refractivity contribution < 1.29 is 17.6 Å². The Morgan fingerprint density at radius 3 is 2.73 bits per heavy atom. The van der Waals surface area contributed by atoms with Gasteiger partial charge in [-0.05, 0) is 30.7 Å². The van der Waals surface area contributed by atoms with Gasteiger partial charge in [-0.1, -0.05) is 0 Å². The third-order valence-electron chi connectivity index (χ3n) is 3.34. The second-order valence-corrected chi connectivity index (χ2v) is 7.19. The molecule has 9 nitrogen and oxygen atoms in total. The van der Waals surface area contributed by atoms with Crippen LogP contribution in [0.4, 0.5) is 10.2 Å². The number of rotatable bonds is 7. The summed E-state index contributed by atoms with van der Waals surface area (Å²) in [5, 5.41) is 2.49. The number of nitrogen functional groups attached to an aromatic ring is 1. The quantitative estimate of drug-likeness (QED) is 0.504. The maximum Gasteiger partial charge on any atom is 0.252 e. The van der Waals surface area contributed by atoms with Gasteiger partial charge in [-0.25, -0.2) is 22.5 Å². The molecule has 140 valence electrons. The molecule has 0 atom stereocenters. The van der Waals surface area contributed by atoms with Crippen LogP contribution in [0.15, 0.2) is 34.0 Å². The van der Waals surface area contributed by atoms with Crippen LogP contribution in [0.3, 0.4) is 0 Å². The lowest BCUT2D eigenvalue weighted by molar-refractivity contribution is -0.119. The fraction of sp³-hybridized carbons (Fsp3) is 0.267. The zero-order valence-electron chi connectivity index (χ0n) is 13.9. The van der Waals surface area contributed by atoms with Crippen LogP contribution in [-0.4, -0.2) is 37.4 Å². The van der Waals surface area contributed by atoms with Crippen LogP contribution in [-0.2, 0) is 21.2 Å². The Morgan fingerprint density at radius 1 is 1.35 bits per heavy atom. The first-order valence-corrected chi connectivity index (χ1v) is 9.04. The van der Waals surface area contributed by atoms with Gasteiger partial charge >= 0.3 is 0 Å². The highest BCUT2D eigenvalue weighted by atomic mass is 32.2. The van der Waals surface area contributed by atoms with Crippen molar-refractivity contribution >= 4 is 21.7 Å². The first-order valence-electron chi connectivity index (χ1n) is 7.55. The Balaban J connectivity index is 1.87. The summed E-state index contributed by atoms with van der Waals surface area (Å²) < 4.78 is 39.5. The summed E-state index contributed by atoms with van der Waals surface area (Å²) in [4.78, 5) is 29.3. The molecule has 1 heterocycles. The zero-order valence-corrected chi connectivity index (χ0v) is 14.7. The third-order valence-corrected chi connectivity index (χ3v) is 4.91. The van der Waals surface area contributed by atoms with Crippen molar-refractivity contribution in [3.63, 3.8) is 0 Å². The minimum atomic E-state index is -3.95. The SMILES string of the molecule is Cc1cc(F)ccc1S(=O)(=O)NCC(=O)NCCc1nc(N)cc(=O)[nH]1. The molecule has 0 fully saturated rings. The van der Waals surface area contributed by atoms with Gasteiger partial charge in [0, 0.05) is 19.0 Å². The van der Waals surface area contributed by atoms with E-state index in [1.165, 1.54) is 6.92 Å². The van der Waals surface area contributed by atoms with Gasteiger partial charge in [-0.15, -0.1) is 0 Å². The number of hydrogen-bond donors (Lipinski definition) is 4. The molecule has 5 N–H and O–H groups in total. The third kappa shape index (κ3) is 5.36. The van der Waals surface area contributed by atoms with E-state index in [0.717, 1.165) is 24.3 Å². The Bertz CT molecular complexity index is 974. The highest BCUT2D eigenvalue weighted by Gasteiger charge is 2.18. The maximum absolute atomic E-state index is 13.1. The number of nitrogens with two attached hydrogens (primary N) is 1. The molecule has 1 aromatic carbocycles. The normalized spacial score (nSPS) is 11.3. The predicted octanol–water partition coefficient (Wildman–Crippen LogP) is -0.563. The van der Waals surface area contributed by atoms with Gasteiger partial charge in [0.2, 0.25) is 15.9 Å². The van der Waals surface area contributed by atoms with Crippen molar-refractivity contribution in [2.75, 3.05) is 18.8 Å². The van der Waals surface area contributed by atoms with Gasteiger partial charge in [0.15, 0.2) is 0 Å².